The van der Waals surface area contributed by atoms with E-state index in [2.05, 4.69) is 10.3 Å². The number of aliphatic hydroxyl groups is 3. The summed E-state index contributed by atoms with van der Waals surface area (Å²) < 4.78 is 17.1. The Balaban J connectivity index is 1.56. The van der Waals surface area contributed by atoms with Gasteiger partial charge in [-0.1, -0.05) is 5.21 Å². The Kier molecular flexibility index (Phi) is 4.50. The first-order valence-corrected chi connectivity index (χ1v) is 6.82. The van der Waals surface area contributed by atoms with Crippen molar-refractivity contribution >= 4 is 0 Å². The molecule has 1 aliphatic rings. The van der Waals surface area contributed by atoms with Crippen molar-refractivity contribution in [1.29, 1.82) is 0 Å². The van der Waals surface area contributed by atoms with Gasteiger partial charge >= 0.3 is 0 Å². The van der Waals surface area contributed by atoms with Gasteiger partial charge in [-0.25, -0.2) is 4.68 Å². The van der Waals surface area contributed by atoms with Gasteiger partial charge in [0.15, 0.2) is 6.23 Å². The van der Waals surface area contributed by atoms with Crippen molar-refractivity contribution < 1.29 is 29.2 Å². The Morgan fingerprint density at radius 3 is 2.91 bits per heavy atom. The van der Waals surface area contributed by atoms with Gasteiger partial charge in [-0.05, 0) is 12.1 Å². The number of nitrogens with zero attached hydrogens (tertiary/aromatic N) is 3. The average molecular weight is 311 g/mol. The van der Waals surface area contributed by atoms with E-state index in [9.17, 15) is 15.3 Å². The zero-order valence-electron chi connectivity index (χ0n) is 11.6. The average Bonchev–Trinajstić information content (AvgIpc) is 3.17. The molecule has 0 spiro atoms. The van der Waals surface area contributed by atoms with Crippen molar-refractivity contribution in [2.75, 3.05) is 6.61 Å². The van der Waals surface area contributed by atoms with Gasteiger partial charge in [0.25, 0.3) is 0 Å². The lowest BCUT2D eigenvalue weighted by atomic mass is 10.0. The van der Waals surface area contributed by atoms with E-state index in [0.29, 0.717) is 18.1 Å². The summed E-state index contributed by atoms with van der Waals surface area (Å²) in [5.41, 5.74) is 0.544. The minimum Gasteiger partial charge on any atom is -0.467 e. The number of hydrogen-bond acceptors (Lipinski definition) is 8. The Morgan fingerprint density at radius 2 is 2.14 bits per heavy atom. The van der Waals surface area contributed by atoms with Gasteiger partial charge in [0.05, 0.1) is 25.7 Å². The fraction of sp³-hybridized carbons (Fsp3) is 0.538. The van der Waals surface area contributed by atoms with Crippen molar-refractivity contribution in [3.05, 3.63) is 36.0 Å². The van der Waals surface area contributed by atoms with Crippen molar-refractivity contribution in [1.82, 2.24) is 15.0 Å². The molecule has 0 aliphatic carbocycles. The van der Waals surface area contributed by atoms with Crippen LogP contribution in [-0.4, -0.2) is 55.2 Å². The summed E-state index contributed by atoms with van der Waals surface area (Å²) in [7, 11) is 0. The molecule has 4 atom stereocenters. The van der Waals surface area contributed by atoms with Gasteiger partial charge in [-0.15, -0.1) is 5.10 Å². The molecule has 4 unspecified atom stereocenters. The van der Waals surface area contributed by atoms with Crippen LogP contribution in [0.5, 0.6) is 0 Å². The van der Waals surface area contributed by atoms with Crippen LogP contribution in [0.4, 0.5) is 0 Å². The summed E-state index contributed by atoms with van der Waals surface area (Å²) in [6.07, 6.45) is -1.48. The molecule has 1 aliphatic heterocycles. The number of rotatable bonds is 5. The minimum atomic E-state index is -1.29. The highest BCUT2D eigenvalue weighted by atomic mass is 16.5. The lowest BCUT2D eigenvalue weighted by Crippen LogP contribution is -2.50. The highest BCUT2D eigenvalue weighted by Crippen LogP contribution is 2.23. The lowest BCUT2D eigenvalue weighted by molar-refractivity contribution is -0.214. The highest BCUT2D eigenvalue weighted by molar-refractivity contribution is 4.97. The Bertz CT molecular complexity index is 586. The smallest absolute Gasteiger partial charge is 0.180 e. The summed E-state index contributed by atoms with van der Waals surface area (Å²) >= 11 is 0. The molecule has 0 radical (unpaired) electrons. The van der Waals surface area contributed by atoms with Gasteiger partial charge < -0.3 is 29.2 Å². The van der Waals surface area contributed by atoms with Gasteiger partial charge in [-0.2, -0.15) is 0 Å². The van der Waals surface area contributed by atoms with E-state index in [-0.39, 0.29) is 13.2 Å². The first-order chi connectivity index (χ1) is 10.6. The molecule has 1 saturated heterocycles. The first-order valence-electron chi connectivity index (χ1n) is 6.82. The molecule has 0 saturated carbocycles. The maximum atomic E-state index is 9.90. The second kappa shape index (κ2) is 6.55. The lowest BCUT2D eigenvalue weighted by Gasteiger charge is -2.34. The standard InChI is InChI=1S/C13H17N3O6/c17-10-7-22-13(12(19)11(10)18)16-4-8(14-15-16)5-20-6-9-2-1-3-21-9/h1-4,10-13,17-19H,5-7H2. The van der Waals surface area contributed by atoms with E-state index < -0.39 is 24.5 Å². The minimum absolute atomic E-state index is 0.0902. The number of aliphatic hydroxyl groups excluding tert-OH is 3. The summed E-state index contributed by atoms with van der Waals surface area (Å²) in [4.78, 5) is 0. The quantitative estimate of drug-likeness (QED) is 0.656. The molecule has 0 bridgehead atoms. The molecular formula is C13H17N3O6. The number of ether oxygens (including phenoxy) is 2. The molecule has 3 rings (SSSR count). The molecule has 0 amide bonds. The number of aromatic nitrogens is 3. The van der Waals surface area contributed by atoms with E-state index in [4.69, 9.17) is 13.9 Å². The van der Waals surface area contributed by atoms with Crippen LogP contribution in [0.25, 0.3) is 0 Å². The summed E-state index contributed by atoms with van der Waals surface area (Å²) in [6.45, 7) is 0.440. The molecule has 2 aromatic heterocycles. The van der Waals surface area contributed by atoms with Crippen LogP contribution >= 0.6 is 0 Å². The third-order valence-electron chi connectivity index (χ3n) is 3.37. The van der Waals surface area contributed by atoms with E-state index in [1.54, 1.807) is 24.6 Å². The van der Waals surface area contributed by atoms with E-state index in [1.165, 1.54) is 4.68 Å². The summed E-state index contributed by atoms with van der Waals surface area (Å²) in [5.74, 6) is 0.704. The maximum absolute atomic E-state index is 9.90. The molecule has 2 aromatic rings. The van der Waals surface area contributed by atoms with Crippen LogP contribution in [0.3, 0.4) is 0 Å². The van der Waals surface area contributed by atoms with Gasteiger partial charge in [0, 0.05) is 0 Å². The zero-order chi connectivity index (χ0) is 15.5. The van der Waals surface area contributed by atoms with Crippen molar-refractivity contribution in [2.45, 2.75) is 37.8 Å². The third kappa shape index (κ3) is 3.18. The van der Waals surface area contributed by atoms with Crippen LogP contribution < -0.4 is 0 Å². The molecular weight excluding hydrogens is 294 g/mol. The van der Waals surface area contributed by atoms with E-state index >= 15 is 0 Å². The topological polar surface area (TPSA) is 123 Å². The van der Waals surface area contributed by atoms with E-state index in [0.717, 1.165) is 0 Å². The van der Waals surface area contributed by atoms with Crippen LogP contribution in [0.1, 0.15) is 17.7 Å². The number of hydrogen-bond donors (Lipinski definition) is 3. The van der Waals surface area contributed by atoms with Crippen LogP contribution in [0.2, 0.25) is 0 Å². The van der Waals surface area contributed by atoms with Crippen molar-refractivity contribution in [3.63, 3.8) is 0 Å². The molecule has 22 heavy (non-hydrogen) atoms. The Hall–Kier alpha value is -1.78. The van der Waals surface area contributed by atoms with Crippen LogP contribution in [-0.2, 0) is 22.7 Å². The van der Waals surface area contributed by atoms with Crippen molar-refractivity contribution in [2.24, 2.45) is 0 Å². The van der Waals surface area contributed by atoms with Gasteiger partial charge in [0.1, 0.15) is 36.4 Å². The fourth-order valence-corrected chi connectivity index (χ4v) is 2.18. The zero-order valence-corrected chi connectivity index (χ0v) is 11.6. The number of furan rings is 1. The fourth-order valence-electron chi connectivity index (χ4n) is 2.18. The Morgan fingerprint density at radius 1 is 1.27 bits per heavy atom. The van der Waals surface area contributed by atoms with Crippen LogP contribution in [0.15, 0.2) is 29.0 Å². The Labute approximate surface area is 125 Å². The van der Waals surface area contributed by atoms with Crippen LogP contribution in [0, 0.1) is 0 Å². The third-order valence-corrected chi connectivity index (χ3v) is 3.37. The molecule has 3 heterocycles. The summed E-state index contributed by atoms with van der Waals surface area (Å²) in [6, 6.07) is 3.58. The largest absolute Gasteiger partial charge is 0.467 e. The van der Waals surface area contributed by atoms with Gasteiger partial charge in [-0.3, -0.25) is 0 Å². The van der Waals surface area contributed by atoms with E-state index in [1.807, 2.05) is 0 Å². The van der Waals surface area contributed by atoms with Gasteiger partial charge in [0.2, 0.25) is 0 Å². The summed E-state index contributed by atoms with van der Waals surface area (Å²) in [5, 5.41) is 36.7. The maximum Gasteiger partial charge on any atom is 0.180 e. The predicted molar refractivity (Wildman–Crippen MR) is 70.2 cm³/mol. The monoisotopic (exact) mass is 311 g/mol. The first kappa shape index (κ1) is 15.1. The molecule has 3 N–H and O–H groups in total. The molecule has 1 fully saturated rings. The molecule has 0 aromatic carbocycles. The highest BCUT2D eigenvalue weighted by Gasteiger charge is 2.39. The van der Waals surface area contributed by atoms with Crippen molar-refractivity contribution in [3.8, 4) is 0 Å². The molecule has 120 valence electrons. The molecule has 9 nitrogen and oxygen atoms in total. The molecule has 9 heteroatoms. The second-order valence-electron chi connectivity index (χ2n) is 5.03. The SMILES string of the molecule is OC1COC(n2cc(COCc3ccco3)nn2)C(O)C1O. The second-order valence-corrected chi connectivity index (χ2v) is 5.03. The normalized spacial score (nSPS) is 28.9. The predicted octanol–water partition coefficient (Wildman–Crippen LogP) is -0.801.